The molecule has 0 aliphatic heterocycles. The molecule has 0 radical (unpaired) electrons. The molecule has 1 amide bonds. The first kappa shape index (κ1) is 13.3. The monoisotopic (exact) mass is 298 g/mol. The number of aromatic nitrogens is 1. The van der Waals surface area contributed by atoms with Gasteiger partial charge < -0.3 is 4.74 Å². The van der Waals surface area contributed by atoms with Crippen LogP contribution in [0.1, 0.15) is 5.56 Å². The number of benzene rings is 1. The minimum atomic E-state index is -0.220. The Morgan fingerprint density at radius 3 is 2.78 bits per heavy atom. The van der Waals surface area contributed by atoms with Crippen molar-refractivity contribution in [1.29, 1.82) is 0 Å². The Balaban J connectivity index is 1.74. The fourth-order valence-corrected chi connectivity index (χ4v) is 3.11. The summed E-state index contributed by atoms with van der Waals surface area (Å²) < 4.78 is 5.83. The average molecular weight is 298 g/mol. The Kier molecular flexibility index (Phi) is 4.94. The summed E-state index contributed by atoms with van der Waals surface area (Å²) in [4.78, 5) is 15.5. The van der Waals surface area contributed by atoms with E-state index in [2.05, 4.69) is 10.3 Å². The van der Waals surface area contributed by atoms with Crippen molar-refractivity contribution in [3.8, 4) is 0 Å². The summed E-state index contributed by atoms with van der Waals surface area (Å²) in [5, 5.41) is 3.16. The maximum atomic E-state index is 11.5. The van der Waals surface area contributed by atoms with Crippen LogP contribution in [0.5, 0.6) is 0 Å². The highest BCUT2D eigenvalue weighted by Gasteiger charge is 2.05. The number of rotatable bonds is 5. The number of nitrogens with one attached hydrogen (secondary N) is 1. The minimum absolute atomic E-state index is 0.00586. The number of amides is 1. The largest absolute Gasteiger partial charge is 0.367 e. The molecule has 0 atom stereocenters. The lowest BCUT2D eigenvalue weighted by Crippen LogP contribution is -2.18. The normalized spacial score (nSPS) is 10.2. The molecule has 0 aliphatic carbocycles. The summed E-state index contributed by atoms with van der Waals surface area (Å²) in [5.74, 6) is -0.220. The van der Waals surface area contributed by atoms with E-state index < -0.39 is 0 Å². The summed E-state index contributed by atoms with van der Waals surface area (Å²) in [6.45, 7) is 0.424. The second kappa shape index (κ2) is 6.69. The lowest BCUT2D eigenvalue weighted by Gasteiger charge is -2.03. The Morgan fingerprint density at radius 2 is 2.11 bits per heavy atom. The molecular formula is C11H10N2O2S3. The van der Waals surface area contributed by atoms with Gasteiger partial charge in [-0.2, -0.15) is 4.98 Å². The first-order valence-electron chi connectivity index (χ1n) is 5.13. The van der Waals surface area contributed by atoms with Crippen LogP contribution in [0.2, 0.25) is 0 Å². The van der Waals surface area contributed by atoms with Crippen LogP contribution in [-0.4, -0.2) is 17.5 Å². The molecule has 2 rings (SSSR count). The van der Waals surface area contributed by atoms with Crippen LogP contribution in [0.3, 0.4) is 0 Å². The number of carbonyl (C=O) groups is 1. The van der Waals surface area contributed by atoms with Crippen molar-refractivity contribution in [1.82, 2.24) is 4.98 Å². The zero-order valence-electron chi connectivity index (χ0n) is 9.29. The average Bonchev–Trinajstić information content (AvgIpc) is 2.76. The summed E-state index contributed by atoms with van der Waals surface area (Å²) in [6.07, 6.45) is 0. The molecule has 0 saturated carbocycles. The van der Waals surface area contributed by atoms with Crippen molar-refractivity contribution in [3.05, 3.63) is 39.8 Å². The van der Waals surface area contributed by atoms with Gasteiger partial charge in [-0.3, -0.25) is 10.1 Å². The zero-order chi connectivity index (χ0) is 12.8. The van der Waals surface area contributed by atoms with Crippen LogP contribution < -0.4 is 5.32 Å². The molecular weight excluding hydrogens is 288 g/mol. The van der Waals surface area contributed by atoms with Gasteiger partial charge in [0.05, 0.1) is 6.61 Å². The van der Waals surface area contributed by atoms with Crippen LogP contribution in [0.15, 0.2) is 30.3 Å². The van der Waals surface area contributed by atoms with E-state index in [1.165, 1.54) is 20.7 Å². The predicted octanol–water partition coefficient (Wildman–Crippen LogP) is 3.09. The molecule has 1 N–H and O–H groups in total. The number of anilines is 1. The standard InChI is InChI=1S/C11H10N2O2S3/c14-9(12-10-13-11(16)18-17-10)7-15-6-8-4-2-1-3-5-8/h1-5H,6-7H2,(H,12,13,14,16). The van der Waals surface area contributed by atoms with Crippen LogP contribution in [-0.2, 0) is 16.1 Å². The minimum Gasteiger partial charge on any atom is -0.367 e. The van der Waals surface area contributed by atoms with E-state index in [1.54, 1.807) is 0 Å². The van der Waals surface area contributed by atoms with Gasteiger partial charge in [-0.15, -0.1) is 0 Å². The van der Waals surface area contributed by atoms with Gasteiger partial charge in [0.25, 0.3) is 5.91 Å². The number of nitrogens with zero attached hydrogens (tertiary/aromatic N) is 1. The number of hydrogen-bond acceptors (Lipinski definition) is 6. The number of carbonyl (C=O) groups excluding carboxylic acids is 1. The summed E-state index contributed by atoms with van der Waals surface area (Å²) in [7, 11) is 2.70. The summed E-state index contributed by atoms with van der Waals surface area (Å²) in [5.41, 5.74) is 1.04. The number of ether oxygens (including phenoxy) is 1. The second-order valence-corrected chi connectivity index (χ2v) is 6.13. The Labute approximate surface area is 117 Å². The van der Waals surface area contributed by atoms with E-state index in [9.17, 15) is 4.79 Å². The van der Waals surface area contributed by atoms with Gasteiger partial charge in [-0.25, -0.2) is 0 Å². The molecule has 7 heteroatoms. The Bertz CT molecular complexity index is 565. The molecule has 0 bridgehead atoms. The Hall–Kier alpha value is -1.15. The maximum Gasteiger partial charge on any atom is 0.252 e. The van der Waals surface area contributed by atoms with Crippen LogP contribution in [0, 0.1) is 3.95 Å². The van der Waals surface area contributed by atoms with Gasteiger partial charge >= 0.3 is 0 Å². The van der Waals surface area contributed by atoms with Crippen LogP contribution in [0.25, 0.3) is 0 Å². The third-order valence-electron chi connectivity index (χ3n) is 1.98. The number of hydrogen-bond donors (Lipinski definition) is 1. The van der Waals surface area contributed by atoms with Crippen molar-refractivity contribution in [2.24, 2.45) is 0 Å². The van der Waals surface area contributed by atoms with Gasteiger partial charge in [-0.05, 0) is 38.5 Å². The molecule has 1 aromatic carbocycles. The Morgan fingerprint density at radius 1 is 1.33 bits per heavy atom. The van der Waals surface area contributed by atoms with Gasteiger partial charge in [0, 0.05) is 0 Å². The third-order valence-corrected chi connectivity index (χ3v) is 4.50. The molecule has 1 aromatic heterocycles. The van der Waals surface area contributed by atoms with Crippen molar-refractivity contribution in [2.45, 2.75) is 6.61 Å². The summed E-state index contributed by atoms with van der Waals surface area (Å²) >= 11 is 4.87. The molecule has 4 nitrogen and oxygen atoms in total. The van der Waals surface area contributed by atoms with Gasteiger partial charge in [0.2, 0.25) is 5.13 Å². The molecule has 1 heterocycles. The first-order chi connectivity index (χ1) is 8.74. The zero-order valence-corrected chi connectivity index (χ0v) is 11.7. The van der Waals surface area contributed by atoms with Gasteiger partial charge in [0.1, 0.15) is 6.61 Å². The lowest BCUT2D eigenvalue weighted by molar-refractivity contribution is -0.121. The van der Waals surface area contributed by atoms with E-state index in [0.717, 1.165) is 5.56 Å². The second-order valence-electron chi connectivity index (χ2n) is 3.38. The molecule has 18 heavy (non-hydrogen) atoms. The molecule has 0 saturated heterocycles. The van der Waals surface area contributed by atoms with E-state index in [0.29, 0.717) is 15.7 Å². The van der Waals surface area contributed by atoms with E-state index in [1.807, 2.05) is 30.3 Å². The molecule has 0 unspecified atom stereocenters. The molecule has 0 aliphatic rings. The molecule has 94 valence electrons. The third kappa shape index (κ3) is 4.26. The maximum absolute atomic E-state index is 11.5. The predicted molar refractivity (Wildman–Crippen MR) is 75.6 cm³/mol. The smallest absolute Gasteiger partial charge is 0.252 e. The molecule has 0 fully saturated rings. The van der Waals surface area contributed by atoms with Crippen molar-refractivity contribution in [2.75, 3.05) is 11.9 Å². The first-order valence-corrected chi connectivity index (χ1v) is 7.68. The molecule has 2 aromatic rings. The highest BCUT2D eigenvalue weighted by molar-refractivity contribution is 7.79. The van der Waals surface area contributed by atoms with Crippen molar-refractivity contribution >= 4 is 43.9 Å². The lowest BCUT2D eigenvalue weighted by atomic mass is 10.2. The fraction of sp³-hybridized carbons (Fsp3) is 0.182. The van der Waals surface area contributed by atoms with E-state index in [-0.39, 0.29) is 12.5 Å². The SMILES string of the molecule is O=C(COCc1ccccc1)Nc1nc(=S)ss1. The van der Waals surface area contributed by atoms with E-state index >= 15 is 0 Å². The van der Waals surface area contributed by atoms with Crippen LogP contribution in [0.4, 0.5) is 5.13 Å². The summed E-state index contributed by atoms with van der Waals surface area (Å²) in [6, 6.07) is 9.70. The van der Waals surface area contributed by atoms with Crippen molar-refractivity contribution < 1.29 is 9.53 Å². The fourth-order valence-electron chi connectivity index (χ4n) is 1.24. The van der Waals surface area contributed by atoms with Gasteiger partial charge in [0.15, 0.2) is 3.95 Å². The van der Waals surface area contributed by atoms with Crippen LogP contribution >= 0.6 is 32.9 Å². The highest BCUT2D eigenvalue weighted by atomic mass is 32.9. The van der Waals surface area contributed by atoms with E-state index in [4.69, 9.17) is 17.0 Å². The highest BCUT2D eigenvalue weighted by Crippen LogP contribution is 2.18. The molecule has 0 spiro atoms. The van der Waals surface area contributed by atoms with Gasteiger partial charge in [-0.1, -0.05) is 30.3 Å². The van der Waals surface area contributed by atoms with Crippen molar-refractivity contribution in [3.63, 3.8) is 0 Å². The quantitative estimate of drug-likeness (QED) is 0.681. The topological polar surface area (TPSA) is 51.2 Å².